The lowest BCUT2D eigenvalue weighted by molar-refractivity contribution is -0.324. The number of hydrogen-bond acceptors (Lipinski definition) is 12. The quantitative estimate of drug-likeness (QED) is 0.130. The van der Waals surface area contributed by atoms with Crippen LogP contribution in [0.5, 0.6) is 0 Å². The zero-order valence-corrected chi connectivity index (χ0v) is 24.8. The largest absolute Gasteiger partial charge is 0.374 e. The highest BCUT2D eigenvalue weighted by Gasteiger charge is 2.28. The molecule has 1 aliphatic rings. The number of rotatable bonds is 7. The average Bonchev–Trinajstić information content (AvgIpc) is 3.39. The summed E-state index contributed by atoms with van der Waals surface area (Å²) in [7, 11) is 5.63. The Hall–Kier alpha value is -4.78. The fourth-order valence-corrected chi connectivity index (χ4v) is 4.74. The second kappa shape index (κ2) is 12.4. The zero-order chi connectivity index (χ0) is 31.6. The van der Waals surface area contributed by atoms with Crippen LogP contribution >= 0.6 is 0 Å². The van der Waals surface area contributed by atoms with Crippen LogP contribution in [-0.2, 0) is 12.5 Å². The smallest absolute Gasteiger partial charge is 0.304 e. The van der Waals surface area contributed by atoms with Crippen molar-refractivity contribution in [3.05, 3.63) is 76.5 Å². The third kappa shape index (κ3) is 6.88. The first-order chi connectivity index (χ1) is 20.9. The SMILES string of the molecule is CC(=O)c1ccc2nnc(C#Cc3nc(NC(=O)c4ccc(CN5CCN(C)CC5)c(C(O)(O)O)c4)ncc3N(C)C)n2c1. The monoisotopic (exact) mass is 599 g/mol. The van der Waals surface area contributed by atoms with E-state index in [1.54, 1.807) is 47.8 Å². The molecule has 1 aromatic carbocycles. The summed E-state index contributed by atoms with van der Waals surface area (Å²) in [6, 6.07) is 7.71. The summed E-state index contributed by atoms with van der Waals surface area (Å²) in [5, 5.41) is 41.1. The number of benzene rings is 1. The van der Waals surface area contributed by atoms with Crippen LogP contribution in [-0.4, -0.2) is 109 Å². The van der Waals surface area contributed by atoms with Crippen molar-refractivity contribution >= 4 is 29.0 Å². The van der Waals surface area contributed by atoms with E-state index in [2.05, 4.69) is 47.1 Å². The van der Waals surface area contributed by atoms with Crippen molar-refractivity contribution in [2.75, 3.05) is 57.5 Å². The summed E-state index contributed by atoms with van der Waals surface area (Å²) >= 11 is 0. The van der Waals surface area contributed by atoms with Gasteiger partial charge in [0, 0.05) is 69.7 Å². The summed E-state index contributed by atoms with van der Waals surface area (Å²) < 4.78 is 1.61. The number of nitrogens with one attached hydrogen (secondary N) is 1. The normalized spacial score (nSPS) is 14.2. The van der Waals surface area contributed by atoms with E-state index in [9.17, 15) is 24.9 Å². The summed E-state index contributed by atoms with van der Waals surface area (Å²) in [4.78, 5) is 39.8. The van der Waals surface area contributed by atoms with Gasteiger partial charge in [0.15, 0.2) is 11.4 Å². The molecule has 0 radical (unpaired) electrons. The Morgan fingerprint density at radius 3 is 2.43 bits per heavy atom. The molecule has 0 aliphatic carbocycles. The van der Waals surface area contributed by atoms with Crippen molar-refractivity contribution in [2.45, 2.75) is 19.4 Å². The van der Waals surface area contributed by atoms with Crippen LogP contribution in [0.3, 0.4) is 0 Å². The van der Waals surface area contributed by atoms with Crippen molar-refractivity contribution in [3.63, 3.8) is 0 Å². The molecule has 1 saturated heterocycles. The highest BCUT2D eigenvalue weighted by Crippen LogP contribution is 2.24. The molecule has 44 heavy (non-hydrogen) atoms. The second-order valence-electron chi connectivity index (χ2n) is 10.8. The van der Waals surface area contributed by atoms with Gasteiger partial charge in [-0.15, -0.1) is 10.2 Å². The number of amides is 1. The van der Waals surface area contributed by atoms with Gasteiger partial charge in [0.1, 0.15) is 5.69 Å². The number of carbonyl (C=O) groups excluding carboxylic acids is 2. The van der Waals surface area contributed by atoms with Crippen LogP contribution in [0, 0.1) is 11.8 Å². The van der Waals surface area contributed by atoms with Crippen LogP contribution in [0.4, 0.5) is 11.6 Å². The fraction of sp³-hybridized carbons (Fsp3) is 0.333. The zero-order valence-electron chi connectivity index (χ0n) is 24.8. The maximum Gasteiger partial charge on any atom is 0.304 e. The Morgan fingerprint density at radius 1 is 1.02 bits per heavy atom. The third-order valence-electron chi connectivity index (χ3n) is 7.30. The van der Waals surface area contributed by atoms with Crippen molar-refractivity contribution < 1.29 is 24.9 Å². The predicted octanol–water partition coefficient (Wildman–Crippen LogP) is 0.275. The molecule has 0 unspecified atom stereocenters. The standard InChI is InChI=1S/C30H33N9O5/c1-19(40)21-7-9-26-34-35-27(39(26)18-21)10-8-24-25(36(2)3)16-31-29(32-24)33-28(41)20-5-6-22(23(15-20)30(42,43)44)17-38-13-11-37(4)12-14-38/h5-7,9,15-16,18,42-44H,11-14,17H2,1-4H3,(H,31,32,33,41). The number of aromatic nitrogens is 5. The van der Waals surface area contributed by atoms with Gasteiger partial charge in [-0.2, -0.15) is 0 Å². The van der Waals surface area contributed by atoms with Crippen LogP contribution in [0.25, 0.3) is 5.65 Å². The highest BCUT2D eigenvalue weighted by molar-refractivity contribution is 6.03. The van der Waals surface area contributed by atoms with Crippen molar-refractivity contribution in [3.8, 4) is 11.8 Å². The number of hydrogen-bond donors (Lipinski definition) is 4. The molecule has 0 atom stereocenters. The number of pyridine rings is 1. The lowest BCUT2D eigenvalue weighted by Crippen LogP contribution is -2.44. The Labute approximate surface area is 253 Å². The fourth-order valence-electron chi connectivity index (χ4n) is 4.74. The maximum absolute atomic E-state index is 13.2. The Balaban J connectivity index is 1.40. The first-order valence-electron chi connectivity index (χ1n) is 13.8. The van der Waals surface area contributed by atoms with Crippen LogP contribution < -0.4 is 10.2 Å². The van der Waals surface area contributed by atoms with Crippen LogP contribution in [0.15, 0.2) is 42.7 Å². The van der Waals surface area contributed by atoms with E-state index in [-0.39, 0.29) is 22.9 Å². The van der Waals surface area contributed by atoms with E-state index in [1.165, 1.54) is 25.3 Å². The van der Waals surface area contributed by atoms with E-state index in [1.807, 2.05) is 7.05 Å². The Morgan fingerprint density at radius 2 is 1.75 bits per heavy atom. The van der Waals surface area contributed by atoms with Crippen molar-refractivity contribution in [2.24, 2.45) is 0 Å². The van der Waals surface area contributed by atoms with Gasteiger partial charge in [0.05, 0.1) is 11.9 Å². The Bertz CT molecular complexity index is 1780. The topological polar surface area (TPSA) is 173 Å². The van der Waals surface area contributed by atoms with Gasteiger partial charge in [-0.25, -0.2) is 9.97 Å². The summed E-state index contributed by atoms with van der Waals surface area (Å²) in [6.07, 6.45) is 3.12. The molecule has 1 amide bonds. The van der Waals surface area contributed by atoms with E-state index < -0.39 is 11.9 Å². The summed E-state index contributed by atoms with van der Waals surface area (Å²) in [6.45, 7) is 5.15. The summed E-state index contributed by atoms with van der Waals surface area (Å²) in [5.74, 6) is 2.27. The van der Waals surface area contributed by atoms with Crippen molar-refractivity contribution in [1.29, 1.82) is 0 Å². The number of ketones is 1. The molecule has 0 bridgehead atoms. The number of anilines is 2. The molecular formula is C30H33N9O5. The second-order valence-corrected chi connectivity index (χ2v) is 10.8. The molecule has 5 rings (SSSR count). The number of Topliss-reactive ketones (excluding diaryl/α,β-unsaturated/α-hetero) is 1. The number of nitrogens with zero attached hydrogens (tertiary/aromatic N) is 8. The molecular weight excluding hydrogens is 566 g/mol. The van der Waals surface area contributed by atoms with Crippen molar-refractivity contribution in [1.82, 2.24) is 34.4 Å². The predicted molar refractivity (Wildman–Crippen MR) is 161 cm³/mol. The van der Waals surface area contributed by atoms with Crippen LogP contribution in [0.2, 0.25) is 0 Å². The number of aliphatic hydroxyl groups is 3. The molecule has 14 heteroatoms. The Kier molecular flexibility index (Phi) is 8.68. The molecule has 4 aromatic rings. The molecule has 3 aromatic heterocycles. The van der Waals surface area contributed by atoms with Gasteiger partial charge in [-0.3, -0.25) is 24.2 Å². The molecule has 4 N–H and O–H groups in total. The molecule has 1 fully saturated rings. The molecule has 4 heterocycles. The minimum absolute atomic E-state index is 0.0406. The van der Waals surface area contributed by atoms with E-state index >= 15 is 0 Å². The number of likely N-dealkylation sites (N-methyl/N-ethyl adjacent to an activating group) is 1. The van der Waals surface area contributed by atoms with Gasteiger partial charge in [0.25, 0.3) is 5.91 Å². The lowest BCUT2D eigenvalue weighted by Gasteiger charge is -2.33. The molecule has 14 nitrogen and oxygen atoms in total. The van der Waals surface area contributed by atoms with E-state index in [0.717, 1.165) is 26.2 Å². The number of fused-ring (bicyclic) bond motifs is 1. The number of piperazine rings is 1. The van der Waals surface area contributed by atoms with Gasteiger partial charge in [-0.1, -0.05) is 6.07 Å². The van der Waals surface area contributed by atoms with Gasteiger partial charge < -0.3 is 25.1 Å². The first-order valence-corrected chi connectivity index (χ1v) is 13.8. The summed E-state index contributed by atoms with van der Waals surface area (Å²) in [5.41, 5.74) is 2.24. The highest BCUT2D eigenvalue weighted by atomic mass is 16.7. The van der Waals surface area contributed by atoms with Gasteiger partial charge in [0.2, 0.25) is 11.8 Å². The van der Waals surface area contributed by atoms with E-state index in [4.69, 9.17) is 0 Å². The van der Waals surface area contributed by atoms with Gasteiger partial charge >= 0.3 is 5.97 Å². The van der Waals surface area contributed by atoms with Crippen LogP contribution in [0.1, 0.15) is 50.3 Å². The first kappa shape index (κ1) is 30.7. The van der Waals surface area contributed by atoms with E-state index in [0.29, 0.717) is 40.5 Å². The van der Waals surface area contributed by atoms with Gasteiger partial charge in [-0.05, 0) is 55.6 Å². The minimum atomic E-state index is -3.14. The third-order valence-corrected chi connectivity index (χ3v) is 7.30. The average molecular weight is 600 g/mol. The minimum Gasteiger partial charge on any atom is -0.374 e. The lowest BCUT2D eigenvalue weighted by atomic mass is 10.0. The maximum atomic E-state index is 13.2. The molecule has 0 saturated carbocycles. The molecule has 0 spiro atoms. The molecule has 228 valence electrons. The molecule has 1 aliphatic heterocycles. The number of carbonyl (C=O) groups is 2.